The van der Waals surface area contributed by atoms with Crippen LogP contribution in [0.3, 0.4) is 0 Å². The zero-order chi connectivity index (χ0) is 27.5. The lowest BCUT2D eigenvalue weighted by molar-refractivity contribution is 0.145. The fourth-order valence-electron chi connectivity index (χ4n) is 5.17. The summed E-state index contributed by atoms with van der Waals surface area (Å²) in [5, 5.41) is 3.97. The van der Waals surface area contributed by atoms with E-state index in [1.165, 1.54) is 4.57 Å². The molecule has 2 heterocycles. The molecule has 1 N–H and O–H groups in total. The van der Waals surface area contributed by atoms with E-state index in [-0.39, 0.29) is 23.2 Å². The van der Waals surface area contributed by atoms with Gasteiger partial charge in [-0.15, -0.1) is 0 Å². The Morgan fingerprint density at radius 3 is 2.67 bits per heavy atom. The van der Waals surface area contributed by atoms with E-state index in [0.717, 1.165) is 31.2 Å². The Morgan fingerprint density at radius 2 is 1.95 bits per heavy atom. The molecule has 2 fully saturated rings. The lowest BCUT2D eigenvalue weighted by atomic mass is 9.99. The van der Waals surface area contributed by atoms with Crippen LogP contribution >= 0.6 is 11.6 Å². The van der Waals surface area contributed by atoms with Crippen LogP contribution in [0.25, 0.3) is 10.9 Å². The number of nitrogens with zero attached hydrogens (tertiary/aromatic N) is 4. The molecule has 1 aliphatic carbocycles. The van der Waals surface area contributed by atoms with Crippen LogP contribution in [0.1, 0.15) is 38.2 Å². The molecule has 206 valence electrons. The SMILES string of the molecule is CCn1c(=O)n(CC2CC2)c(=O)c2cc(NC(=O)N3CCCC(COc4ccc(/C=N/C)c(Cl)c4)C3)ccc21. The molecule has 2 aliphatic rings. The van der Waals surface area contributed by atoms with E-state index in [0.29, 0.717) is 66.1 Å². The highest BCUT2D eigenvalue weighted by Gasteiger charge is 2.26. The maximum Gasteiger partial charge on any atom is 0.331 e. The maximum absolute atomic E-state index is 13.2. The summed E-state index contributed by atoms with van der Waals surface area (Å²) in [4.78, 5) is 45.1. The van der Waals surface area contributed by atoms with Crippen molar-refractivity contribution in [1.82, 2.24) is 14.0 Å². The van der Waals surface area contributed by atoms with Crippen LogP contribution < -0.4 is 21.3 Å². The Kier molecular flexibility index (Phi) is 8.07. The number of amides is 2. The smallest absolute Gasteiger partial charge is 0.331 e. The highest BCUT2D eigenvalue weighted by Crippen LogP contribution is 2.30. The van der Waals surface area contributed by atoms with Crippen LogP contribution in [0.5, 0.6) is 5.75 Å². The van der Waals surface area contributed by atoms with Crippen molar-refractivity contribution in [3.63, 3.8) is 0 Å². The Bertz CT molecular complexity index is 1520. The largest absolute Gasteiger partial charge is 0.493 e. The number of halogens is 1. The number of hydrogen-bond acceptors (Lipinski definition) is 5. The van der Waals surface area contributed by atoms with Crippen LogP contribution in [-0.4, -0.2) is 53.0 Å². The average molecular weight is 552 g/mol. The van der Waals surface area contributed by atoms with Gasteiger partial charge in [0.25, 0.3) is 5.56 Å². The number of carbonyl (C=O) groups is 1. The van der Waals surface area contributed by atoms with Crippen LogP contribution in [0.2, 0.25) is 5.02 Å². The van der Waals surface area contributed by atoms with Gasteiger partial charge in [0.1, 0.15) is 5.75 Å². The van der Waals surface area contributed by atoms with Gasteiger partial charge in [0.2, 0.25) is 0 Å². The van der Waals surface area contributed by atoms with Crippen molar-refractivity contribution >= 4 is 40.4 Å². The molecule has 39 heavy (non-hydrogen) atoms. The number of aryl methyl sites for hydroxylation is 1. The van der Waals surface area contributed by atoms with Gasteiger partial charge >= 0.3 is 11.7 Å². The summed E-state index contributed by atoms with van der Waals surface area (Å²) < 4.78 is 8.96. The number of anilines is 1. The summed E-state index contributed by atoms with van der Waals surface area (Å²) in [5.74, 6) is 1.26. The van der Waals surface area contributed by atoms with Crippen LogP contribution in [0, 0.1) is 11.8 Å². The van der Waals surface area contributed by atoms with E-state index in [9.17, 15) is 14.4 Å². The molecule has 1 saturated carbocycles. The standard InChI is InChI=1S/C29H34ClN5O4/c1-3-34-26-11-9-22(13-24(26)27(36)35(29(34)38)17-19-6-7-19)32-28(37)33-12-4-5-20(16-33)18-39-23-10-8-21(15-31-2)25(30)14-23/h8-11,13-15,19-20H,3-7,12,16-18H2,1-2H3,(H,32,37)/b31-15+. The summed E-state index contributed by atoms with van der Waals surface area (Å²) in [7, 11) is 1.70. The van der Waals surface area contributed by atoms with Crippen molar-refractivity contribution in [1.29, 1.82) is 0 Å². The number of hydrogen-bond donors (Lipinski definition) is 1. The van der Waals surface area contributed by atoms with Crippen LogP contribution in [0.15, 0.2) is 51.0 Å². The topological polar surface area (TPSA) is 97.9 Å². The summed E-state index contributed by atoms with van der Waals surface area (Å²) in [6.07, 6.45) is 5.62. The predicted molar refractivity (Wildman–Crippen MR) is 155 cm³/mol. The average Bonchev–Trinajstić information content (AvgIpc) is 3.76. The Labute approximate surface area is 232 Å². The third-order valence-electron chi connectivity index (χ3n) is 7.46. The minimum Gasteiger partial charge on any atom is -0.493 e. The monoisotopic (exact) mass is 551 g/mol. The second-order valence-corrected chi connectivity index (χ2v) is 10.8. The normalized spacial score (nSPS) is 17.6. The number of rotatable bonds is 8. The van der Waals surface area contributed by atoms with Crippen molar-refractivity contribution in [3.8, 4) is 5.75 Å². The molecule has 0 bridgehead atoms. The fraction of sp³-hybridized carbons (Fsp3) is 0.448. The first-order chi connectivity index (χ1) is 18.9. The molecule has 1 unspecified atom stereocenters. The molecule has 5 rings (SSSR count). The molecule has 2 aromatic carbocycles. The first kappa shape index (κ1) is 27.0. The third kappa shape index (κ3) is 6.03. The van der Waals surface area contributed by atoms with E-state index in [1.807, 2.05) is 19.1 Å². The molecule has 0 spiro atoms. The number of fused-ring (bicyclic) bond motifs is 1. The molecule has 9 nitrogen and oxygen atoms in total. The van der Waals surface area contributed by atoms with Gasteiger partial charge in [-0.1, -0.05) is 11.6 Å². The molecule has 2 amide bonds. The quantitative estimate of drug-likeness (QED) is 0.413. The summed E-state index contributed by atoms with van der Waals surface area (Å²) in [5.41, 5.74) is 1.39. The fourth-order valence-corrected chi connectivity index (χ4v) is 5.39. The van der Waals surface area contributed by atoms with E-state index in [4.69, 9.17) is 16.3 Å². The number of nitrogens with one attached hydrogen (secondary N) is 1. The molecular formula is C29H34ClN5O4. The van der Waals surface area contributed by atoms with E-state index < -0.39 is 0 Å². The molecule has 1 atom stereocenters. The second-order valence-electron chi connectivity index (χ2n) is 10.4. The van der Waals surface area contributed by atoms with Gasteiger partial charge in [-0.05, 0) is 74.9 Å². The molecule has 10 heteroatoms. The zero-order valence-electron chi connectivity index (χ0n) is 22.4. The van der Waals surface area contributed by atoms with E-state index in [1.54, 1.807) is 47.0 Å². The lowest BCUT2D eigenvalue weighted by Crippen LogP contribution is -2.43. The number of carbonyl (C=O) groups excluding carboxylic acids is 1. The van der Waals surface area contributed by atoms with Crippen molar-refractivity contribution in [2.24, 2.45) is 16.8 Å². The number of ether oxygens (including phenoxy) is 1. The minimum atomic E-state index is -0.298. The van der Waals surface area contributed by atoms with Gasteiger partial charge < -0.3 is 15.0 Å². The molecular weight excluding hydrogens is 518 g/mol. The van der Waals surface area contributed by atoms with Crippen LogP contribution in [-0.2, 0) is 13.1 Å². The first-order valence-corrected chi connectivity index (χ1v) is 13.9. The van der Waals surface area contributed by atoms with Gasteiger partial charge in [-0.25, -0.2) is 9.59 Å². The Balaban J connectivity index is 1.26. The zero-order valence-corrected chi connectivity index (χ0v) is 23.1. The van der Waals surface area contributed by atoms with Crippen LogP contribution in [0.4, 0.5) is 10.5 Å². The molecule has 1 aliphatic heterocycles. The van der Waals surface area contributed by atoms with Gasteiger partial charge in [0.15, 0.2) is 0 Å². The number of piperidine rings is 1. The number of benzene rings is 2. The Hall–Kier alpha value is -3.59. The number of aromatic nitrogens is 2. The number of aliphatic imine (C=N–C) groups is 1. The van der Waals surface area contributed by atoms with Crippen molar-refractivity contribution < 1.29 is 9.53 Å². The van der Waals surface area contributed by atoms with Crippen molar-refractivity contribution in [2.45, 2.75) is 45.7 Å². The Morgan fingerprint density at radius 1 is 1.13 bits per heavy atom. The second kappa shape index (κ2) is 11.7. The molecule has 3 aromatic rings. The lowest BCUT2D eigenvalue weighted by Gasteiger charge is -2.32. The van der Waals surface area contributed by atoms with Gasteiger partial charge in [-0.3, -0.25) is 18.9 Å². The predicted octanol–water partition coefficient (Wildman–Crippen LogP) is 4.62. The first-order valence-electron chi connectivity index (χ1n) is 13.6. The molecule has 1 saturated heterocycles. The summed E-state index contributed by atoms with van der Waals surface area (Å²) >= 11 is 6.31. The van der Waals surface area contributed by atoms with Crippen molar-refractivity contribution in [2.75, 3.05) is 32.1 Å². The number of likely N-dealkylation sites (tertiary alicyclic amines) is 1. The summed E-state index contributed by atoms with van der Waals surface area (Å²) in [6.45, 7) is 4.50. The van der Waals surface area contributed by atoms with Gasteiger partial charge in [0.05, 0.1) is 22.5 Å². The van der Waals surface area contributed by atoms with Crippen molar-refractivity contribution in [3.05, 3.63) is 67.8 Å². The highest BCUT2D eigenvalue weighted by atomic mass is 35.5. The third-order valence-corrected chi connectivity index (χ3v) is 7.79. The highest BCUT2D eigenvalue weighted by molar-refractivity contribution is 6.33. The van der Waals surface area contributed by atoms with Gasteiger partial charge in [-0.2, -0.15) is 0 Å². The minimum absolute atomic E-state index is 0.186. The maximum atomic E-state index is 13.2. The van der Waals surface area contributed by atoms with E-state index >= 15 is 0 Å². The number of urea groups is 1. The summed E-state index contributed by atoms with van der Waals surface area (Å²) in [6, 6.07) is 10.5. The van der Waals surface area contributed by atoms with E-state index in [2.05, 4.69) is 10.3 Å². The molecule has 0 radical (unpaired) electrons. The molecule has 1 aromatic heterocycles. The van der Waals surface area contributed by atoms with Gasteiger partial charge in [0, 0.05) is 56.6 Å².